The second kappa shape index (κ2) is 11.5. The molecule has 2 N–H and O–H groups in total. The number of aryl methyl sites for hydroxylation is 1. The molecule has 0 spiro atoms. The summed E-state index contributed by atoms with van der Waals surface area (Å²) < 4.78 is 32.8. The summed E-state index contributed by atoms with van der Waals surface area (Å²) in [6.07, 6.45) is 3.07. The number of benzene rings is 3. The highest BCUT2D eigenvalue weighted by Gasteiger charge is 2.23. The number of amides is 1. The first kappa shape index (κ1) is 26.2. The molecular formula is C28H26N2O5S2. The van der Waals surface area contributed by atoms with Crippen molar-refractivity contribution in [2.45, 2.75) is 37.5 Å². The highest BCUT2D eigenvalue weighted by atomic mass is 32.2. The van der Waals surface area contributed by atoms with Gasteiger partial charge in [-0.3, -0.25) is 4.79 Å². The molecule has 1 aromatic heterocycles. The molecule has 0 saturated heterocycles. The number of aromatic nitrogens is 1. The van der Waals surface area contributed by atoms with Gasteiger partial charge in [0, 0.05) is 23.1 Å². The Labute approximate surface area is 220 Å². The van der Waals surface area contributed by atoms with E-state index in [4.69, 9.17) is 0 Å². The number of aromatic carboxylic acids is 1. The lowest BCUT2D eigenvalue weighted by Gasteiger charge is -2.12. The molecule has 0 aliphatic rings. The van der Waals surface area contributed by atoms with Crippen LogP contribution >= 0.6 is 11.5 Å². The van der Waals surface area contributed by atoms with E-state index in [0.717, 1.165) is 47.6 Å². The van der Waals surface area contributed by atoms with Crippen molar-refractivity contribution in [2.24, 2.45) is 0 Å². The molecule has 190 valence electrons. The third-order valence-corrected chi connectivity index (χ3v) is 8.22. The number of unbranched alkanes of at least 4 members (excludes halogenated alkanes) is 1. The quantitative estimate of drug-likeness (QED) is 0.275. The predicted molar refractivity (Wildman–Crippen MR) is 143 cm³/mol. The van der Waals surface area contributed by atoms with Crippen molar-refractivity contribution in [3.8, 4) is 11.1 Å². The fourth-order valence-corrected chi connectivity index (χ4v) is 5.99. The number of carbonyl (C=O) groups excluding carboxylic acids is 1. The molecule has 3 aromatic carbocycles. The van der Waals surface area contributed by atoms with E-state index in [2.05, 4.69) is 16.0 Å². The minimum Gasteiger partial charge on any atom is -0.477 e. The van der Waals surface area contributed by atoms with Crippen molar-refractivity contribution in [2.75, 3.05) is 0 Å². The van der Waals surface area contributed by atoms with Gasteiger partial charge in [0.2, 0.25) is 0 Å². The van der Waals surface area contributed by atoms with Crippen LogP contribution in [0.4, 0.5) is 0 Å². The first-order valence-electron chi connectivity index (χ1n) is 11.8. The van der Waals surface area contributed by atoms with Crippen molar-refractivity contribution in [1.29, 1.82) is 0 Å². The molecule has 1 heterocycles. The van der Waals surface area contributed by atoms with Crippen LogP contribution in [-0.2, 0) is 22.9 Å². The SMILES string of the molecule is CCCCc1nsc(C(=O)O)c1Cc1ccc(-c2ccccc2S(=O)(=O)NC(=O)c2ccccc2)cc1. The normalized spacial score (nSPS) is 11.3. The van der Waals surface area contributed by atoms with Gasteiger partial charge < -0.3 is 5.11 Å². The van der Waals surface area contributed by atoms with Gasteiger partial charge in [0.15, 0.2) is 0 Å². The third kappa shape index (κ3) is 6.12. The number of nitrogens with zero attached hydrogens (tertiary/aromatic N) is 1. The topological polar surface area (TPSA) is 113 Å². The Balaban J connectivity index is 1.60. The van der Waals surface area contributed by atoms with Gasteiger partial charge in [-0.25, -0.2) is 17.9 Å². The number of hydrogen-bond acceptors (Lipinski definition) is 6. The lowest BCUT2D eigenvalue weighted by Crippen LogP contribution is -2.30. The van der Waals surface area contributed by atoms with E-state index in [1.807, 2.05) is 12.1 Å². The minimum absolute atomic E-state index is 0.0101. The van der Waals surface area contributed by atoms with E-state index in [0.29, 0.717) is 17.5 Å². The number of carboxylic acids is 1. The van der Waals surface area contributed by atoms with E-state index >= 15 is 0 Å². The van der Waals surface area contributed by atoms with Gasteiger partial charge in [0.05, 0.1) is 10.6 Å². The molecule has 4 rings (SSSR count). The number of nitrogens with one attached hydrogen (secondary N) is 1. The standard InChI is InChI=1S/C28H26N2O5S2/c1-2-3-12-24-23(26(28(32)33)36-29-24)18-19-14-16-20(17-15-19)22-11-7-8-13-25(22)37(34,35)30-27(31)21-9-5-4-6-10-21/h4-11,13-17H,2-3,12,18H2,1H3,(H,30,31)(H,32,33). The van der Waals surface area contributed by atoms with Gasteiger partial charge in [0.1, 0.15) is 4.88 Å². The van der Waals surface area contributed by atoms with E-state index in [9.17, 15) is 23.1 Å². The van der Waals surface area contributed by atoms with E-state index in [1.54, 1.807) is 60.7 Å². The van der Waals surface area contributed by atoms with Crippen LogP contribution in [0.25, 0.3) is 11.1 Å². The van der Waals surface area contributed by atoms with Crippen LogP contribution in [0.3, 0.4) is 0 Å². The Morgan fingerprint density at radius 1 is 0.946 bits per heavy atom. The molecule has 1 amide bonds. The average Bonchev–Trinajstić information content (AvgIpc) is 3.30. The first-order chi connectivity index (χ1) is 17.8. The summed E-state index contributed by atoms with van der Waals surface area (Å²) in [5.41, 5.74) is 3.79. The molecule has 0 saturated carbocycles. The monoisotopic (exact) mass is 534 g/mol. The van der Waals surface area contributed by atoms with Crippen molar-refractivity contribution in [1.82, 2.24) is 9.10 Å². The van der Waals surface area contributed by atoms with Crippen LogP contribution in [0.1, 0.15) is 56.6 Å². The van der Waals surface area contributed by atoms with Crippen LogP contribution in [0, 0.1) is 0 Å². The number of carbonyl (C=O) groups is 2. The Hall–Kier alpha value is -3.82. The van der Waals surface area contributed by atoms with Gasteiger partial charge in [-0.2, -0.15) is 4.37 Å². The van der Waals surface area contributed by atoms with Crippen LogP contribution in [0.15, 0.2) is 83.8 Å². The molecule has 7 nitrogen and oxygen atoms in total. The molecule has 37 heavy (non-hydrogen) atoms. The minimum atomic E-state index is -4.14. The fourth-order valence-electron chi connectivity index (χ4n) is 4.00. The Bertz CT molecular complexity index is 1510. The molecule has 0 unspecified atom stereocenters. The second-order valence-corrected chi connectivity index (χ2v) is 10.9. The summed E-state index contributed by atoms with van der Waals surface area (Å²) in [7, 11) is -4.14. The van der Waals surface area contributed by atoms with E-state index in [1.165, 1.54) is 6.07 Å². The van der Waals surface area contributed by atoms with Gasteiger partial charge in [0.25, 0.3) is 15.9 Å². The molecule has 9 heteroatoms. The van der Waals surface area contributed by atoms with Gasteiger partial charge in [-0.15, -0.1) is 0 Å². The first-order valence-corrected chi connectivity index (χ1v) is 14.1. The van der Waals surface area contributed by atoms with Crippen LogP contribution < -0.4 is 4.72 Å². The number of rotatable bonds is 10. The fraction of sp³-hybridized carbons (Fsp3) is 0.179. The molecule has 0 radical (unpaired) electrons. The number of sulfonamides is 1. The number of carboxylic acid groups (broad SMARTS) is 1. The maximum absolute atomic E-state index is 13.1. The molecule has 0 bridgehead atoms. The smallest absolute Gasteiger partial charge is 0.347 e. The second-order valence-electron chi connectivity index (χ2n) is 8.52. The summed E-state index contributed by atoms with van der Waals surface area (Å²) in [6, 6.07) is 21.9. The maximum Gasteiger partial charge on any atom is 0.347 e. The summed E-state index contributed by atoms with van der Waals surface area (Å²) >= 11 is 1.01. The lowest BCUT2D eigenvalue weighted by molar-refractivity contribution is 0.0700. The Morgan fingerprint density at radius 2 is 1.62 bits per heavy atom. The van der Waals surface area contributed by atoms with Crippen LogP contribution in [0.5, 0.6) is 0 Å². The van der Waals surface area contributed by atoms with Crippen molar-refractivity contribution < 1.29 is 23.1 Å². The van der Waals surface area contributed by atoms with Crippen molar-refractivity contribution >= 4 is 33.4 Å². The molecule has 0 fully saturated rings. The van der Waals surface area contributed by atoms with E-state index in [-0.39, 0.29) is 15.3 Å². The largest absolute Gasteiger partial charge is 0.477 e. The number of hydrogen-bond donors (Lipinski definition) is 2. The van der Waals surface area contributed by atoms with Crippen molar-refractivity contribution in [3.63, 3.8) is 0 Å². The van der Waals surface area contributed by atoms with Crippen LogP contribution in [-0.4, -0.2) is 29.8 Å². The summed E-state index contributed by atoms with van der Waals surface area (Å²) in [4.78, 5) is 24.5. The molecule has 4 aromatic rings. The predicted octanol–water partition coefficient (Wildman–Crippen LogP) is 5.56. The van der Waals surface area contributed by atoms with Crippen molar-refractivity contribution in [3.05, 3.63) is 106 Å². The summed E-state index contributed by atoms with van der Waals surface area (Å²) in [5.74, 6) is -1.69. The highest BCUT2D eigenvalue weighted by Crippen LogP contribution is 2.29. The van der Waals surface area contributed by atoms with Crippen LogP contribution in [0.2, 0.25) is 0 Å². The van der Waals surface area contributed by atoms with E-state index < -0.39 is 21.9 Å². The zero-order valence-corrected chi connectivity index (χ0v) is 21.8. The molecule has 0 atom stereocenters. The van der Waals surface area contributed by atoms with Gasteiger partial charge in [-0.05, 0) is 53.7 Å². The average molecular weight is 535 g/mol. The molecular weight excluding hydrogens is 508 g/mol. The Morgan fingerprint density at radius 3 is 2.30 bits per heavy atom. The molecule has 0 aliphatic heterocycles. The van der Waals surface area contributed by atoms with Gasteiger partial charge >= 0.3 is 5.97 Å². The summed E-state index contributed by atoms with van der Waals surface area (Å²) in [5, 5.41) is 9.60. The Kier molecular flexibility index (Phi) is 8.15. The lowest BCUT2D eigenvalue weighted by atomic mass is 9.98. The highest BCUT2D eigenvalue weighted by molar-refractivity contribution is 7.90. The van der Waals surface area contributed by atoms with Gasteiger partial charge in [-0.1, -0.05) is 74.0 Å². The molecule has 0 aliphatic carbocycles. The summed E-state index contributed by atoms with van der Waals surface area (Å²) in [6.45, 7) is 2.08. The zero-order valence-electron chi connectivity index (χ0n) is 20.2. The zero-order chi connectivity index (χ0) is 26.4. The maximum atomic E-state index is 13.1. The third-order valence-electron chi connectivity index (χ3n) is 5.92.